The van der Waals surface area contributed by atoms with E-state index in [1.807, 2.05) is 30.3 Å². The van der Waals surface area contributed by atoms with Crippen molar-refractivity contribution in [3.63, 3.8) is 0 Å². The van der Waals surface area contributed by atoms with E-state index in [9.17, 15) is 0 Å². The molecule has 154 valence electrons. The summed E-state index contributed by atoms with van der Waals surface area (Å²) in [7, 11) is 0. The second-order valence-corrected chi connectivity index (χ2v) is 7.37. The molecule has 5 rings (SSSR count). The number of anilines is 2. The van der Waals surface area contributed by atoms with Gasteiger partial charge in [0.1, 0.15) is 5.75 Å². The number of benzene rings is 2. The van der Waals surface area contributed by atoms with E-state index in [-0.39, 0.29) is 0 Å². The Bertz CT molecular complexity index is 1360. The molecule has 0 amide bonds. The molecule has 0 saturated carbocycles. The number of pyridine rings is 1. The first-order chi connectivity index (χ1) is 15.7. The highest BCUT2D eigenvalue weighted by atomic mass is 35.5. The largest absolute Gasteiger partial charge is 0.437 e. The minimum Gasteiger partial charge on any atom is -0.437 e. The predicted octanol–water partition coefficient (Wildman–Crippen LogP) is 5.86. The summed E-state index contributed by atoms with van der Waals surface area (Å²) in [5.74, 6) is 1.77. The van der Waals surface area contributed by atoms with Crippen LogP contribution >= 0.6 is 11.6 Å². The van der Waals surface area contributed by atoms with E-state index >= 15 is 0 Å². The van der Waals surface area contributed by atoms with E-state index < -0.39 is 0 Å². The van der Waals surface area contributed by atoms with Crippen LogP contribution in [0.4, 0.5) is 17.5 Å². The standard InChI is InChI=1S/C24H15ClN6O/c25-20-13-17(16-7-10-27-11-8-16)3-6-21(20)32-23-19-9-12-28-22(19)30-24(31-23)29-18-4-1-15(14-26)2-5-18/h1-8,10-13H,9H2,(H,29,30,31). The van der Waals surface area contributed by atoms with Crippen LogP contribution in [0.5, 0.6) is 11.6 Å². The van der Waals surface area contributed by atoms with Crippen LogP contribution in [0.25, 0.3) is 11.1 Å². The van der Waals surface area contributed by atoms with Crippen molar-refractivity contribution in [2.45, 2.75) is 6.42 Å². The molecule has 0 saturated heterocycles. The maximum Gasteiger partial charge on any atom is 0.232 e. The molecule has 0 aliphatic carbocycles. The third-order valence-electron chi connectivity index (χ3n) is 4.88. The zero-order chi connectivity index (χ0) is 21.9. The molecular formula is C24H15ClN6O. The number of nitrogens with one attached hydrogen (secondary N) is 1. The van der Waals surface area contributed by atoms with Gasteiger partial charge in [0.2, 0.25) is 11.8 Å². The highest BCUT2D eigenvalue weighted by molar-refractivity contribution is 6.32. The highest BCUT2D eigenvalue weighted by Crippen LogP contribution is 2.37. The summed E-state index contributed by atoms with van der Waals surface area (Å²) < 4.78 is 6.10. The Labute approximate surface area is 189 Å². The maximum absolute atomic E-state index is 8.96. The summed E-state index contributed by atoms with van der Waals surface area (Å²) in [4.78, 5) is 17.4. The number of rotatable bonds is 5. The zero-order valence-electron chi connectivity index (χ0n) is 16.7. The molecule has 1 aliphatic rings. The number of aliphatic imine (C=N–C) groups is 1. The van der Waals surface area contributed by atoms with Gasteiger partial charge in [-0.05, 0) is 59.7 Å². The first-order valence-electron chi connectivity index (χ1n) is 9.78. The Morgan fingerprint density at radius 1 is 0.969 bits per heavy atom. The molecule has 1 N–H and O–H groups in total. The molecule has 0 radical (unpaired) electrons. The SMILES string of the molecule is N#Cc1ccc(Nc2nc3c(c(Oc4ccc(-c5ccncc5)cc4Cl)n2)CC=N3)cc1. The van der Waals surface area contributed by atoms with Crippen LogP contribution in [-0.2, 0) is 6.42 Å². The van der Waals surface area contributed by atoms with Crippen LogP contribution in [0.1, 0.15) is 11.1 Å². The summed E-state index contributed by atoms with van der Waals surface area (Å²) in [6.45, 7) is 0. The lowest BCUT2D eigenvalue weighted by molar-refractivity contribution is 0.458. The second-order valence-electron chi connectivity index (χ2n) is 6.97. The summed E-state index contributed by atoms with van der Waals surface area (Å²) in [5.41, 5.74) is 4.09. The third-order valence-corrected chi connectivity index (χ3v) is 5.17. The van der Waals surface area contributed by atoms with Crippen molar-refractivity contribution in [2.75, 3.05) is 5.32 Å². The van der Waals surface area contributed by atoms with E-state index in [1.54, 1.807) is 42.9 Å². The Morgan fingerprint density at radius 2 is 1.78 bits per heavy atom. The van der Waals surface area contributed by atoms with Crippen LogP contribution in [0.3, 0.4) is 0 Å². The monoisotopic (exact) mass is 438 g/mol. The Kier molecular flexibility index (Phi) is 5.20. The van der Waals surface area contributed by atoms with E-state index in [0.717, 1.165) is 22.4 Å². The molecule has 4 aromatic rings. The van der Waals surface area contributed by atoms with Crippen LogP contribution in [0.2, 0.25) is 5.02 Å². The van der Waals surface area contributed by atoms with Gasteiger partial charge in [-0.3, -0.25) is 4.98 Å². The number of hydrogen-bond donors (Lipinski definition) is 1. The Hall–Kier alpha value is -4.28. The molecular weight excluding hydrogens is 424 g/mol. The first-order valence-corrected chi connectivity index (χ1v) is 10.2. The molecule has 0 spiro atoms. The van der Waals surface area contributed by atoms with Gasteiger partial charge in [-0.25, -0.2) is 4.99 Å². The topological polar surface area (TPSA) is 96.1 Å². The van der Waals surface area contributed by atoms with Gasteiger partial charge in [0.15, 0.2) is 5.82 Å². The third kappa shape index (κ3) is 4.00. The van der Waals surface area contributed by atoms with Gasteiger partial charge in [-0.2, -0.15) is 15.2 Å². The van der Waals surface area contributed by atoms with Crippen molar-refractivity contribution in [3.05, 3.63) is 83.1 Å². The molecule has 8 heteroatoms. The van der Waals surface area contributed by atoms with E-state index in [0.29, 0.717) is 40.4 Å². The van der Waals surface area contributed by atoms with Gasteiger partial charge in [0, 0.05) is 30.7 Å². The van der Waals surface area contributed by atoms with Crippen molar-refractivity contribution in [1.82, 2.24) is 15.0 Å². The van der Waals surface area contributed by atoms with Crippen molar-refractivity contribution in [2.24, 2.45) is 4.99 Å². The lowest BCUT2D eigenvalue weighted by Crippen LogP contribution is -2.02. The average molecular weight is 439 g/mol. The van der Waals surface area contributed by atoms with Crippen LogP contribution in [0.15, 0.2) is 72.0 Å². The number of fused-ring (bicyclic) bond motifs is 1. The van der Waals surface area contributed by atoms with Crippen molar-refractivity contribution in [3.8, 4) is 28.8 Å². The molecule has 0 fully saturated rings. The zero-order valence-corrected chi connectivity index (χ0v) is 17.4. The first kappa shape index (κ1) is 19.7. The molecule has 1 aliphatic heterocycles. The van der Waals surface area contributed by atoms with Crippen LogP contribution < -0.4 is 10.1 Å². The van der Waals surface area contributed by atoms with Crippen LogP contribution in [-0.4, -0.2) is 21.2 Å². The van der Waals surface area contributed by atoms with Gasteiger partial charge >= 0.3 is 0 Å². The van der Waals surface area contributed by atoms with Crippen molar-refractivity contribution >= 4 is 35.3 Å². The molecule has 2 aromatic heterocycles. The van der Waals surface area contributed by atoms with Crippen LogP contribution in [0, 0.1) is 11.3 Å². The minimum absolute atomic E-state index is 0.340. The fourth-order valence-electron chi connectivity index (χ4n) is 3.27. The van der Waals surface area contributed by atoms with Gasteiger partial charge in [-0.1, -0.05) is 17.7 Å². The molecule has 32 heavy (non-hydrogen) atoms. The Balaban J connectivity index is 1.44. The van der Waals surface area contributed by atoms with Crippen molar-refractivity contribution in [1.29, 1.82) is 5.26 Å². The summed E-state index contributed by atoms with van der Waals surface area (Å²) in [6.07, 6.45) is 5.82. The number of nitriles is 1. The Morgan fingerprint density at radius 3 is 2.53 bits per heavy atom. The average Bonchev–Trinajstić information content (AvgIpc) is 3.30. The quantitative estimate of drug-likeness (QED) is 0.419. The smallest absolute Gasteiger partial charge is 0.232 e. The summed E-state index contributed by atoms with van der Waals surface area (Å²) in [5, 5.41) is 12.6. The van der Waals surface area contributed by atoms with Gasteiger partial charge in [0.25, 0.3) is 0 Å². The molecule has 0 bridgehead atoms. The van der Waals surface area contributed by atoms with Gasteiger partial charge in [0.05, 0.1) is 22.2 Å². The number of aromatic nitrogens is 3. The number of nitrogens with zero attached hydrogens (tertiary/aromatic N) is 5. The van der Waals surface area contributed by atoms with E-state index in [4.69, 9.17) is 21.6 Å². The van der Waals surface area contributed by atoms with Gasteiger partial charge < -0.3 is 10.1 Å². The fraction of sp³-hybridized carbons (Fsp3) is 0.0417. The van der Waals surface area contributed by atoms with Crippen molar-refractivity contribution < 1.29 is 4.74 Å². The lowest BCUT2D eigenvalue weighted by Gasteiger charge is -2.13. The number of ether oxygens (including phenoxy) is 1. The second kappa shape index (κ2) is 8.46. The minimum atomic E-state index is 0.340. The summed E-state index contributed by atoms with van der Waals surface area (Å²) >= 11 is 6.52. The molecule has 2 aromatic carbocycles. The maximum atomic E-state index is 8.96. The summed E-state index contributed by atoms with van der Waals surface area (Å²) in [6, 6.07) is 18.5. The van der Waals surface area contributed by atoms with E-state index in [1.165, 1.54) is 0 Å². The normalized spacial score (nSPS) is 11.6. The lowest BCUT2D eigenvalue weighted by atomic mass is 10.1. The number of halogens is 1. The number of hydrogen-bond acceptors (Lipinski definition) is 7. The fourth-order valence-corrected chi connectivity index (χ4v) is 3.49. The molecule has 0 atom stereocenters. The van der Waals surface area contributed by atoms with Gasteiger partial charge in [-0.15, -0.1) is 0 Å². The molecule has 3 heterocycles. The van der Waals surface area contributed by atoms with E-state index in [2.05, 4.69) is 31.3 Å². The highest BCUT2D eigenvalue weighted by Gasteiger charge is 2.20. The molecule has 7 nitrogen and oxygen atoms in total. The molecule has 0 unspecified atom stereocenters. The predicted molar refractivity (Wildman–Crippen MR) is 123 cm³/mol.